The van der Waals surface area contributed by atoms with Gasteiger partial charge in [0, 0.05) is 39.7 Å². The molecule has 0 aromatic heterocycles. The molecule has 19 heteroatoms. The molecule has 0 bridgehead atoms. The molecule has 0 spiro atoms. The zero-order valence-corrected chi connectivity index (χ0v) is 33.3. The summed E-state index contributed by atoms with van der Waals surface area (Å²) >= 11 is 0. The number of hydrogen-bond donors (Lipinski definition) is 5. The average molecular weight is 838 g/mol. The molecule has 0 heterocycles. The molecule has 6 aromatic carbocycles. The first-order valence-electron chi connectivity index (χ1n) is 17.2. The lowest BCUT2D eigenvalue weighted by Gasteiger charge is -2.14. The Balaban J connectivity index is 1.21. The standard InChI is InChI=1S/C40H35N7O10S2/c1-22-17-32(23(2)16-31(22)45-44-28-18-30-29(38(19-28)59(53,54)55)6-5-7-37(30)58(50,51)52)46-47-34-21-35(56-3)33(20-36(34)57-4)43-40(49)25-10-14-27(15-11-25)42-39(48)24-8-12-26(41)13-9-24/h5-21H,41H2,1-4H3,(H,42,48)(H,43,49)(H,50,51,52)(H,53,54,55). The second-order valence-electron chi connectivity index (χ2n) is 12.9. The number of aryl methyl sites for hydroxylation is 2. The first-order chi connectivity index (χ1) is 27.9. The number of amides is 1. The number of rotatable bonds is 12. The largest absolute Gasteiger partial charge is 0.494 e. The minimum absolute atomic E-state index is 0.113. The summed E-state index contributed by atoms with van der Waals surface area (Å²) in [6, 6.07) is 25.1. The van der Waals surface area contributed by atoms with Crippen LogP contribution in [-0.2, 0) is 20.2 Å². The number of hydrogen-bond acceptors (Lipinski definition) is 13. The normalized spacial score (nSPS) is 12.3. The van der Waals surface area contributed by atoms with E-state index >= 15 is 0 Å². The molecule has 1 amide bonds. The van der Waals surface area contributed by atoms with Gasteiger partial charge < -0.3 is 25.6 Å². The predicted molar refractivity (Wildman–Crippen MR) is 221 cm³/mol. The third-order valence-electron chi connectivity index (χ3n) is 8.79. The molecule has 0 aliphatic carbocycles. The van der Waals surface area contributed by atoms with Crippen LogP contribution in [0, 0.1) is 13.8 Å². The van der Waals surface area contributed by atoms with E-state index < -0.39 is 35.9 Å². The maximum absolute atomic E-state index is 13.2. The molecular formula is C40H35N7O10S2. The summed E-state index contributed by atoms with van der Waals surface area (Å²) in [5, 5.41) is 30.0. The number of nitrogen functional groups attached to an aromatic ring is 1. The fourth-order valence-electron chi connectivity index (χ4n) is 5.78. The van der Waals surface area contributed by atoms with Gasteiger partial charge in [0.05, 0.1) is 42.7 Å². The van der Waals surface area contributed by atoms with Gasteiger partial charge in [0.2, 0.25) is 5.90 Å². The molecular weight excluding hydrogens is 803 g/mol. The van der Waals surface area contributed by atoms with Crippen molar-refractivity contribution < 1.29 is 45.3 Å². The number of carbonyl (C=O) groups is 1. The number of nitrogens with one attached hydrogen (secondary N) is 1. The van der Waals surface area contributed by atoms with Gasteiger partial charge in [0.15, 0.2) is 0 Å². The van der Waals surface area contributed by atoms with Gasteiger partial charge in [-0.1, -0.05) is 12.1 Å². The Bertz CT molecular complexity index is 2940. The Hall–Kier alpha value is -7.06. The van der Waals surface area contributed by atoms with Crippen molar-refractivity contribution in [2.24, 2.45) is 25.4 Å². The summed E-state index contributed by atoms with van der Waals surface area (Å²) in [7, 11) is -6.75. The van der Waals surface area contributed by atoms with E-state index in [-0.39, 0.29) is 39.5 Å². The van der Waals surface area contributed by atoms with Gasteiger partial charge in [-0.2, -0.15) is 32.2 Å². The Labute approximate surface area is 338 Å². The highest BCUT2D eigenvalue weighted by Crippen LogP contribution is 2.40. The van der Waals surface area contributed by atoms with E-state index in [9.17, 15) is 35.8 Å². The second-order valence-corrected chi connectivity index (χ2v) is 15.6. The molecule has 59 heavy (non-hydrogen) atoms. The molecule has 17 nitrogen and oxygen atoms in total. The van der Waals surface area contributed by atoms with E-state index in [0.717, 1.165) is 12.1 Å². The van der Waals surface area contributed by atoms with Crippen LogP contribution in [0.1, 0.15) is 27.0 Å². The molecule has 302 valence electrons. The molecule has 6 N–H and O–H groups in total. The van der Waals surface area contributed by atoms with Crippen molar-refractivity contribution in [1.29, 1.82) is 0 Å². The highest BCUT2D eigenvalue weighted by molar-refractivity contribution is 7.86. The van der Waals surface area contributed by atoms with Crippen LogP contribution in [0.4, 0.5) is 39.8 Å². The van der Waals surface area contributed by atoms with Crippen molar-refractivity contribution in [3.63, 3.8) is 0 Å². The number of aliphatic hydroxyl groups excluding tert-OH is 1. The summed E-state index contributed by atoms with van der Waals surface area (Å²) in [6.07, 6.45) is 0. The highest BCUT2D eigenvalue weighted by Gasteiger charge is 2.22. The average Bonchev–Trinajstić information content (AvgIpc) is 3.19. The zero-order chi connectivity index (χ0) is 42.6. The van der Waals surface area contributed by atoms with Gasteiger partial charge in [-0.25, -0.2) is 4.99 Å². The van der Waals surface area contributed by atoms with E-state index in [4.69, 9.17) is 15.2 Å². The second kappa shape index (κ2) is 16.8. The Morgan fingerprint density at radius 1 is 0.627 bits per heavy atom. The van der Waals surface area contributed by atoms with E-state index in [2.05, 4.69) is 30.8 Å². The lowest BCUT2D eigenvalue weighted by atomic mass is 10.1. The Kier molecular flexibility index (Phi) is 11.8. The SMILES string of the molecule is COc1cc(NC(=O)c2ccc(N=C(O)c3ccc(N)cc3)cc2)c(OC)cc1N=Nc1cc(C)c(N=Nc2cc(S(=O)(=O)O)c3cccc(S(=O)(=O)O)c3c2)cc1C. The summed E-state index contributed by atoms with van der Waals surface area (Å²) in [6.45, 7) is 3.47. The predicted octanol–water partition coefficient (Wildman–Crippen LogP) is 9.27. The fourth-order valence-corrected chi connectivity index (χ4v) is 7.21. The Morgan fingerprint density at radius 3 is 1.80 bits per heavy atom. The quantitative estimate of drug-likeness (QED) is 0.0255. The number of aliphatic hydroxyl groups is 1. The first-order valence-corrected chi connectivity index (χ1v) is 20.1. The van der Waals surface area contributed by atoms with Crippen molar-refractivity contribution in [3.05, 3.63) is 125 Å². The lowest BCUT2D eigenvalue weighted by molar-refractivity contribution is 0.102. The smallest absolute Gasteiger partial charge is 0.295 e. The van der Waals surface area contributed by atoms with Crippen molar-refractivity contribution in [3.8, 4) is 11.5 Å². The number of nitrogens with two attached hydrogens (primary N) is 1. The van der Waals surface area contributed by atoms with Crippen LogP contribution >= 0.6 is 0 Å². The summed E-state index contributed by atoms with van der Waals surface area (Å²) in [5.41, 5.74) is 9.94. The minimum Gasteiger partial charge on any atom is -0.494 e. The number of anilines is 2. The summed E-state index contributed by atoms with van der Waals surface area (Å²) in [4.78, 5) is 16.2. The number of nitrogens with zero attached hydrogens (tertiary/aromatic N) is 5. The van der Waals surface area contributed by atoms with Crippen LogP contribution in [0.2, 0.25) is 0 Å². The molecule has 0 fully saturated rings. The topological polar surface area (TPSA) is 264 Å². The highest BCUT2D eigenvalue weighted by atomic mass is 32.2. The van der Waals surface area contributed by atoms with Crippen LogP contribution in [0.5, 0.6) is 11.5 Å². The third-order valence-corrected chi connectivity index (χ3v) is 10.6. The molecule has 0 saturated carbocycles. The maximum atomic E-state index is 13.2. The van der Waals surface area contributed by atoms with Crippen LogP contribution in [0.25, 0.3) is 10.8 Å². The molecule has 0 saturated heterocycles. The van der Waals surface area contributed by atoms with E-state index in [0.29, 0.717) is 50.7 Å². The van der Waals surface area contributed by atoms with E-state index in [1.54, 1.807) is 80.6 Å². The van der Waals surface area contributed by atoms with Gasteiger partial charge in [0.25, 0.3) is 26.1 Å². The van der Waals surface area contributed by atoms with Gasteiger partial charge in [-0.3, -0.25) is 13.9 Å². The molecule has 0 aliphatic heterocycles. The molecule has 6 aromatic rings. The number of ether oxygens (including phenoxy) is 2. The van der Waals surface area contributed by atoms with Crippen LogP contribution in [0.15, 0.2) is 138 Å². The molecule has 0 atom stereocenters. The van der Waals surface area contributed by atoms with Gasteiger partial charge in [0.1, 0.15) is 27.0 Å². The monoisotopic (exact) mass is 837 g/mol. The van der Waals surface area contributed by atoms with Crippen LogP contribution in [0.3, 0.4) is 0 Å². The maximum Gasteiger partial charge on any atom is 0.295 e. The zero-order valence-electron chi connectivity index (χ0n) is 31.6. The number of carbonyl (C=O) groups excluding carboxylic acids is 1. The van der Waals surface area contributed by atoms with E-state index in [1.165, 1.54) is 38.5 Å². The number of aliphatic imine (C=N–C) groups is 1. The summed E-state index contributed by atoms with van der Waals surface area (Å²) in [5.74, 6) is -0.129. The molecule has 0 aliphatic rings. The molecule has 6 rings (SSSR count). The molecule has 0 radical (unpaired) electrons. The minimum atomic E-state index is -4.84. The number of benzene rings is 6. The van der Waals surface area contributed by atoms with E-state index in [1.807, 2.05) is 0 Å². The number of methoxy groups -OCH3 is 2. The number of azo groups is 2. The van der Waals surface area contributed by atoms with Crippen molar-refractivity contribution in [2.45, 2.75) is 23.6 Å². The number of fused-ring (bicyclic) bond motifs is 1. The fraction of sp³-hybridized carbons (Fsp3) is 0.100. The van der Waals surface area contributed by atoms with Crippen LogP contribution in [-0.4, -0.2) is 57.1 Å². The first kappa shape index (κ1) is 41.6. The lowest BCUT2D eigenvalue weighted by Crippen LogP contribution is -2.12. The summed E-state index contributed by atoms with van der Waals surface area (Å²) < 4.78 is 79.2. The van der Waals surface area contributed by atoms with Gasteiger partial charge >= 0.3 is 0 Å². The van der Waals surface area contributed by atoms with Crippen molar-refractivity contribution in [1.82, 2.24) is 0 Å². The molecule has 0 unspecified atom stereocenters. The van der Waals surface area contributed by atoms with Gasteiger partial charge in [-0.05, 0) is 104 Å². The third kappa shape index (κ3) is 9.57. The van der Waals surface area contributed by atoms with Crippen LogP contribution < -0.4 is 20.5 Å². The van der Waals surface area contributed by atoms with Crippen molar-refractivity contribution >= 4 is 82.6 Å². The Morgan fingerprint density at radius 2 is 1.20 bits per heavy atom. The van der Waals surface area contributed by atoms with Crippen molar-refractivity contribution in [2.75, 3.05) is 25.3 Å². The van der Waals surface area contributed by atoms with Gasteiger partial charge in [-0.15, -0.1) is 5.11 Å².